The van der Waals surface area contributed by atoms with Crippen LogP contribution in [0.25, 0.3) is 0 Å². The number of carbonyl (C=O) groups is 1. The summed E-state index contributed by atoms with van der Waals surface area (Å²) < 4.78 is 34.4. The van der Waals surface area contributed by atoms with Gasteiger partial charge in [-0.05, 0) is 42.7 Å². The molecule has 1 saturated heterocycles. The van der Waals surface area contributed by atoms with E-state index >= 15 is 0 Å². The predicted molar refractivity (Wildman–Crippen MR) is 88.0 cm³/mol. The van der Waals surface area contributed by atoms with Gasteiger partial charge in [-0.25, -0.2) is 8.78 Å². The Hall–Kier alpha value is -2.28. The third-order valence-electron chi connectivity index (χ3n) is 4.26. The highest BCUT2D eigenvalue weighted by molar-refractivity contribution is 5.76. The van der Waals surface area contributed by atoms with Crippen LogP contribution in [0.1, 0.15) is 17.5 Å². The SMILES string of the molecule is Cc1cnn(CC2CN(C(=O)CCc3cc(F)ccc3F)CCO2)c1. The zero-order chi connectivity index (χ0) is 17.8. The van der Waals surface area contributed by atoms with Gasteiger partial charge in [0.05, 0.1) is 25.5 Å². The van der Waals surface area contributed by atoms with E-state index in [1.807, 2.05) is 13.1 Å². The van der Waals surface area contributed by atoms with Crippen LogP contribution in [0.5, 0.6) is 0 Å². The molecule has 1 fully saturated rings. The molecule has 1 aromatic heterocycles. The van der Waals surface area contributed by atoms with Crippen LogP contribution in [0.2, 0.25) is 0 Å². The monoisotopic (exact) mass is 349 g/mol. The Balaban J connectivity index is 1.53. The largest absolute Gasteiger partial charge is 0.373 e. The molecule has 7 heteroatoms. The molecule has 134 valence electrons. The number of hydrogen-bond donors (Lipinski definition) is 0. The minimum Gasteiger partial charge on any atom is -0.373 e. The second-order valence-corrected chi connectivity index (χ2v) is 6.31. The maximum atomic E-state index is 13.6. The number of nitrogens with zero attached hydrogens (tertiary/aromatic N) is 3. The van der Waals surface area contributed by atoms with Crippen molar-refractivity contribution >= 4 is 5.91 Å². The van der Waals surface area contributed by atoms with E-state index in [4.69, 9.17) is 4.74 Å². The van der Waals surface area contributed by atoms with E-state index in [0.717, 1.165) is 23.8 Å². The van der Waals surface area contributed by atoms with E-state index in [1.54, 1.807) is 15.8 Å². The van der Waals surface area contributed by atoms with Crippen LogP contribution in [0, 0.1) is 18.6 Å². The van der Waals surface area contributed by atoms with Crippen molar-refractivity contribution in [1.82, 2.24) is 14.7 Å². The highest BCUT2D eigenvalue weighted by Gasteiger charge is 2.24. The van der Waals surface area contributed by atoms with Crippen molar-refractivity contribution in [3.05, 3.63) is 53.4 Å². The molecule has 0 N–H and O–H groups in total. The van der Waals surface area contributed by atoms with Crippen LogP contribution >= 0.6 is 0 Å². The van der Waals surface area contributed by atoms with Gasteiger partial charge in [0.2, 0.25) is 5.91 Å². The molecule has 1 aliphatic heterocycles. The highest BCUT2D eigenvalue weighted by atomic mass is 19.1. The number of carbonyl (C=O) groups excluding carboxylic acids is 1. The lowest BCUT2D eigenvalue weighted by atomic mass is 10.1. The lowest BCUT2D eigenvalue weighted by Gasteiger charge is -2.33. The van der Waals surface area contributed by atoms with Gasteiger partial charge in [0.15, 0.2) is 0 Å². The molecule has 0 aliphatic carbocycles. The molecule has 0 saturated carbocycles. The van der Waals surface area contributed by atoms with Crippen LogP contribution in [-0.2, 0) is 22.5 Å². The molecule has 0 spiro atoms. The summed E-state index contributed by atoms with van der Waals surface area (Å²) in [7, 11) is 0. The smallest absolute Gasteiger partial charge is 0.223 e. The summed E-state index contributed by atoms with van der Waals surface area (Å²) >= 11 is 0. The number of rotatable bonds is 5. The van der Waals surface area contributed by atoms with Crippen molar-refractivity contribution in [3.63, 3.8) is 0 Å². The molecule has 2 aromatic rings. The topological polar surface area (TPSA) is 47.4 Å². The normalized spacial score (nSPS) is 17.7. The first-order valence-corrected chi connectivity index (χ1v) is 8.33. The number of benzene rings is 1. The first-order chi connectivity index (χ1) is 12.0. The summed E-state index contributed by atoms with van der Waals surface area (Å²) in [5, 5.41) is 4.23. The van der Waals surface area contributed by atoms with Crippen LogP contribution in [0.4, 0.5) is 8.78 Å². The van der Waals surface area contributed by atoms with Gasteiger partial charge in [0.25, 0.3) is 0 Å². The minimum absolute atomic E-state index is 0.0754. The van der Waals surface area contributed by atoms with Crippen molar-refractivity contribution in [2.24, 2.45) is 0 Å². The average Bonchev–Trinajstić information content (AvgIpc) is 3.00. The molecule has 1 atom stereocenters. The van der Waals surface area contributed by atoms with E-state index in [2.05, 4.69) is 5.10 Å². The van der Waals surface area contributed by atoms with Crippen LogP contribution < -0.4 is 0 Å². The van der Waals surface area contributed by atoms with E-state index in [9.17, 15) is 13.6 Å². The molecule has 0 bridgehead atoms. The second-order valence-electron chi connectivity index (χ2n) is 6.31. The molecule has 1 aromatic carbocycles. The number of ether oxygens (including phenoxy) is 1. The van der Waals surface area contributed by atoms with Crippen molar-refractivity contribution in [2.45, 2.75) is 32.4 Å². The summed E-state index contributed by atoms with van der Waals surface area (Å²) in [6, 6.07) is 3.31. The third-order valence-corrected chi connectivity index (χ3v) is 4.26. The molecule has 3 rings (SSSR count). The van der Waals surface area contributed by atoms with Crippen LogP contribution in [0.15, 0.2) is 30.6 Å². The zero-order valence-corrected chi connectivity index (χ0v) is 14.1. The standard InChI is InChI=1S/C18H21F2N3O2/c1-13-9-21-23(10-13)12-16-11-22(6-7-25-16)18(24)5-2-14-8-15(19)3-4-17(14)20/h3-4,8-10,16H,2,5-7,11-12H2,1H3. The zero-order valence-electron chi connectivity index (χ0n) is 14.1. The second kappa shape index (κ2) is 7.74. The van der Waals surface area contributed by atoms with Gasteiger partial charge >= 0.3 is 0 Å². The Morgan fingerprint density at radius 2 is 2.24 bits per heavy atom. The predicted octanol–water partition coefficient (Wildman–Crippen LogP) is 2.33. The van der Waals surface area contributed by atoms with Gasteiger partial charge < -0.3 is 9.64 Å². The number of morpholine rings is 1. The lowest BCUT2D eigenvalue weighted by molar-refractivity contribution is -0.139. The molecule has 25 heavy (non-hydrogen) atoms. The number of amides is 1. The van der Waals surface area contributed by atoms with Crippen molar-refractivity contribution in [1.29, 1.82) is 0 Å². The first-order valence-electron chi connectivity index (χ1n) is 8.33. The van der Waals surface area contributed by atoms with Gasteiger partial charge in [-0.15, -0.1) is 0 Å². The number of aromatic nitrogens is 2. The molecule has 1 unspecified atom stereocenters. The molecule has 0 radical (unpaired) electrons. The summed E-state index contributed by atoms with van der Waals surface area (Å²) in [5.41, 5.74) is 1.30. The van der Waals surface area contributed by atoms with Gasteiger partial charge in [-0.3, -0.25) is 9.48 Å². The fraction of sp³-hybridized carbons (Fsp3) is 0.444. The van der Waals surface area contributed by atoms with Crippen molar-refractivity contribution in [3.8, 4) is 0 Å². The van der Waals surface area contributed by atoms with Crippen molar-refractivity contribution in [2.75, 3.05) is 19.7 Å². The molecule has 5 nitrogen and oxygen atoms in total. The maximum absolute atomic E-state index is 13.6. The Kier molecular flexibility index (Phi) is 5.43. The van der Waals surface area contributed by atoms with E-state index in [0.29, 0.717) is 26.2 Å². The fourth-order valence-corrected chi connectivity index (χ4v) is 2.97. The summed E-state index contributed by atoms with van der Waals surface area (Å²) in [4.78, 5) is 14.1. The summed E-state index contributed by atoms with van der Waals surface area (Å²) in [6.45, 7) is 4.00. The van der Waals surface area contributed by atoms with Gasteiger partial charge in [0, 0.05) is 25.7 Å². The van der Waals surface area contributed by atoms with E-state index in [1.165, 1.54) is 0 Å². The Bertz CT molecular complexity index is 748. The van der Waals surface area contributed by atoms with Crippen LogP contribution in [0.3, 0.4) is 0 Å². The van der Waals surface area contributed by atoms with Crippen LogP contribution in [-0.4, -0.2) is 46.4 Å². The number of halogens is 2. The average molecular weight is 349 g/mol. The Morgan fingerprint density at radius 3 is 3.00 bits per heavy atom. The molecule has 1 amide bonds. The van der Waals surface area contributed by atoms with Gasteiger partial charge in [-0.1, -0.05) is 0 Å². The Morgan fingerprint density at radius 1 is 1.40 bits per heavy atom. The van der Waals surface area contributed by atoms with Gasteiger partial charge in [0.1, 0.15) is 11.6 Å². The molecule has 2 heterocycles. The lowest BCUT2D eigenvalue weighted by Crippen LogP contribution is -2.47. The molecular weight excluding hydrogens is 328 g/mol. The minimum atomic E-state index is -0.496. The maximum Gasteiger partial charge on any atom is 0.223 e. The van der Waals surface area contributed by atoms with E-state index in [-0.39, 0.29) is 30.4 Å². The van der Waals surface area contributed by atoms with Gasteiger partial charge in [-0.2, -0.15) is 5.10 Å². The van der Waals surface area contributed by atoms with Crippen molar-refractivity contribution < 1.29 is 18.3 Å². The fourth-order valence-electron chi connectivity index (χ4n) is 2.97. The summed E-state index contributed by atoms with van der Waals surface area (Å²) in [5.74, 6) is -1.05. The molecular formula is C18H21F2N3O2. The summed E-state index contributed by atoms with van der Waals surface area (Å²) in [6.07, 6.45) is 3.91. The number of hydrogen-bond acceptors (Lipinski definition) is 3. The third kappa shape index (κ3) is 4.63. The molecule has 1 aliphatic rings. The highest BCUT2D eigenvalue weighted by Crippen LogP contribution is 2.14. The number of aryl methyl sites for hydroxylation is 2. The van der Waals surface area contributed by atoms with E-state index < -0.39 is 11.6 Å². The Labute approximate surface area is 145 Å². The quantitative estimate of drug-likeness (QED) is 0.832. The first kappa shape index (κ1) is 17.5.